The molecule has 3 aromatic rings. The topological polar surface area (TPSA) is 64.3 Å². The van der Waals surface area contributed by atoms with Crippen LogP contribution in [-0.4, -0.2) is 53.2 Å². The van der Waals surface area contributed by atoms with Crippen molar-refractivity contribution in [3.8, 4) is 0 Å². The van der Waals surface area contributed by atoms with Crippen molar-refractivity contribution in [3.05, 3.63) is 53.2 Å². The molecule has 0 saturated carbocycles. The van der Waals surface area contributed by atoms with Crippen molar-refractivity contribution in [2.75, 3.05) is 36.4 Å². The Morgan fingerprint density at radius 2 is 2.17 bits per heavy atom. The van der Waals surface area contributed by atoms with Gasteiger partial charge >= 0.3 is 0 Å². The number of hydrogen-bond donors (Lipinski definition) is 2. The molecule has 0 bridgehead atoms. The van der Waals surface area contributed by atoms with E-state index in [2.05, 4.69) is 62.6 Å². The summed E-state index contributed by atoms with van der Waals surface area (Å²) in [5, 5.41) is 12.0. The molecule has 30 heavy (non-hydrogen) atoms. The molecule has 0 spiro atoms. The molecule has 6 rings (SSSR count). The molecule has 2 atom stereocenters. The summed E-state index contributed by atoms with van der Waals surface area (Å²) >= 11 is 0. The fraction of sp³-hybridized carbons (Fsp3) is 0.417. The van der Waals surface area contributed by atoms with E-state index in [0.717, 1.165) is 50.1 Å². The van der Waals surface area contributed by atoms with Crippen LogP contribution in [0.5, 0.6) is 0 Å². The summed E-state index contributed by atoms with van der Waals surface area (Å²) < 4.78 is 0. The lowest BCUT2D eigenvalue weighted by Crippen LogP contribution is -2.49. The number of nitrogens with one attached hydrogen (secondary N) is 2. The van der Waals surface area contributed by atoms with Gasteiger partial charge < -0.3 is 15.1 Å². The second kappa shape index (κ2) is 6.84. The van der Waals surface area contributed by atoms with E-state index in [-0.39, 0.29) is 5.91 Å². The summed E-state index contributed by atoms with van der Waals surface area (Å²) in [6.45, 7) is 5.88. The molecule has 0 aliphatic carbocycles. The molecule has 1 amide bonds. The number of fused-ring (bicyclic) bond motifs is 4. The largest absolute Gasteiger partial charge is 0.357 e. The van der Waals surface area contributed by atoms with Crippen LogP contribution in [0.1, 0.15) is 35.6 Å². The Hall–Kier alpha value is -2.86. The monoisotopic (exact) mass is 401 g/mol. The number of aryl methyl sites for hydroxylation is 2. The minimum Gasteiger partial charge on any atom is -0.357 e. The molecule has 6 nitrogen and oxygen atoms in total. The number of anilines is 2. The van der Waals surface area contributed by atoms with Crippen LogP contribution in [0.15, 0.2) is 36.4 Å². The third-order valence-corrected chi connectivity index (χ3v) is 7.09. The molecule has 2 N–H and O–H groups in total. The second-order valence-corrected chi connectivity index (χ2v) is 9.01. The van der Waals surface area contributed by atoms with Crippen molar-refractivity contribution in [3.63, 3.8) is 0 Å². The number of H-pyrrole nitrogens is 1. The highest BCUT2D eigenvalue weighted by atomic mass is 16.2. The number of carbonyl (C=O) groups is 1. The minimum absolute atomic E-state index is 0.115. The molecule has 1 saturated heterocycles. The van der Waals surface area contributed by atoms with Crippen molar-refractivity contribution in [2.24, 2.45) is 0 Å². The van der Waals surface area contributed by atoms with E-state index in [4.69, 9.17) is 0 Å². The van der Waals surface area contributed by atoms with Crippen LogP contribution in [0, 0.1) is 6.92 Å². The average molecular weight is 402 g/mol. The number of aromatic nitrogens is 2. The molecule has 2 aromatic carbocycles. The number of likely N-dealkylation sites (tertiary alicyclic amines) is 1. The van der Waals surface area contributed by atoms with E-state index in [1.54, 1.807) is 0 Å². The fourth-order valence-corrected chi connectivity index (χ4v) is 5.72. The van der Waals surface area contributed by atoms with Gasteiger partial charge in [-0.2, -0.15) is 5.10 Å². The van der Waals surface area contributed by atoms with Gasteiger partial charge in [0.05, 0.1) is 23.4 Å². The molecule has 154 valence electrons. The summed E-state index contributed by atoms with van der Waals surface area (Å²) in [6, 6.07) is 13.3. The van der Waals surface area contributed by atoms with Crippen molar-refractivity contribution in [1.29, 1.82) is 0 Å². The molecule has 6 heteroatoms. The number of rotatable bonds is 4. The highest BCUT2D eigenvalue weighted by Crippen LogP contribution is 2.49. The summed E-state index contributed by atoms with van der Waals surface area (Å²) in [4.78, 5) is 17.1. The zero-order valence-corrected chi connectivity index (χ0v) is 17.3. The Labute approximate surface area is 176 Å². The first-order valence-electron chi connectivity index (χ1n) is 11.0. The first kappa shape index (κ1) is 18.0. The van der Waals surface area contributed by atoms with E-state index >= 15 is 0 Å². The van der Waals surface area contributed by atoms with E-state index in [1.807, 2.05) is 6.07 Å². The maximum Gasteiger partial charge on any atom is 0.243 e. The molecular weight excluding hydrogens is 374 g/mol. The van der Waals surface area contributed by atoms with Gasteiger partial charge in [-0.3, -0.25) is 9.89 Å². The van der Waals surface area contributed by atoms with Crippen LogP contribution in [-0.2, 0) is 11.2 Å². The first-order valence-corrected chi connectivity index (χ1v) is 11.0. The van der Waals surface area contributed by atoms with Crippen LogP contribution in [0.3, 0.4) is 0 Å². The Morgan fingerprint density at radius 3 is 3.10 bits per heavy atom. The molecule has 0 radical (unpaired) electrons. The van der Waals surface area contributed by atoms with Crippen molar-refractivity contribution in [2.45, 2.75) is 38.1 Å². The first-order chi connectivity index (χ1) is 14.7. The van der Waals surface area contributed by atoms with Crippen LogP contribution in [0.25, 0.3) is 10.9 Å². The zero-order valence-electron chi connectivity index (χ0n) is 17.3. The second-order valence-electron chi connectivity index (χ2n) is 9.01. The van der Waals surface area contributed by atoms with Gasteiger partial charge in [-0.15, -0.1) is 0 Å². The highest BCUT2D eigenvalue weighted by Gasteiger charge is 2.44. The Kier molecular flexibility index (Phi) is 4.09. The summed E-state index contributed by atoms with van der Waals surface area (Å²) in [5.74, 6) is 0.613. The minimum atomic E-state index is 0.115. The normalized spacial score (nSPS) is 22.8. The number of hydrogen-bond acceptors (Lipinski definition) is 4. The van der Waals surface area contributed by atoms with Gasteiger partial charge in [0, 0.05) is 36.1 Å². The number of benzene rings is 2. The maximum atomic E-state index is 12.2. The van der Waals surface area contributed by atoms with Crippen LogP contribution < -0.4 is 10.2 Å². The predicted molar refractivity (Wildman–Crippen MR) is 119 cm³/mol. The zero-order chi connectivity index (χ0) is 20.2. The predicted octanol–water partition coefficient (Wildman–Crippen LogP) is 3.43. The Morgan fingerprint density at radius 1 is 1.23 bits per heavy atom. The standard InChI is InChI=1S/C24H27N5O/c1-15-7-8-17-19(26-27-21(17)12-15)6-3-10-28-11-9-22-18(13-28)16-4-2-5-20-24(16)29(22)14-23(30)25-20/h2,4-5,7-8,12,18,22H,3,6,9-11,13-14H2,1H3,(H,25,30)(H,26,27)/t18-,22-/m0/s1. The number of carbonyl (C=O) groups excluding carboxylic acids is 1. The van der Waals surface area contributed by atoms with E-state index in [0.29, 0.717) is 18.5 Å². The lowest BCUT2D eigenvalue weighted by atomic mass is 9.89. The molecule has 3 aliphatic heterocycles. The van der Waals surface area contributed by atoms with Gasteiger partial charge in [-0.25, -0.2) is 0 Å². The molecule has 1 aromatic heterocycles. The van der Waals surface area contributed by atoms with Crippen LogP contribution in [0.4, 0.5) is 11.4 Å². The SMILES string of the molecule is Cc1ccc2c(CCCN3CC[C@H]4[C@@H](C3)c3cccc5c3N4CC(=O)N5)[nH]nc2c1. The number of nitrogens with zero attached hydrogens (tertiary/aromatic N) is 3. The maximum absolute atomic E-state index is 12.2. The van der Waals surface area contributed by atoms with Gasteiger partial charge in [0.25, 0.3) is 0 Å². The molecule has 4 heterocycles. The van der Waals surface area contributed by atoms with E-state index < -0.39 is 0 Å². The summed E-state index contributed by atoms with van der Waals surface area (Å²) in [6.07, 6.45) is 3.27. The smallest absolute Gasteiger partial charge is 0.243 e. The van der Waals surface area contributed by atoms with Crippen LogP contribution in [0.2, 0.25) is 0 Å². The average Bonchev–Trinajstić information content (AvgIpc) is 3.28. The quantitative estimate of drug-likeness (QED) is 0.703. The highest BCUT2D eigenvalue weighted by molar-refractivity contribution is 6.03. The molecule has 0 unspecified atom stereocenters. The van der Waals surface area contributed by atoms with Gasteiger partial charge in [0.15, 0.2) is 0 Å². The lowest BCUT2D eigenvalue weighted by Gasteiger charge is -2.39. The van der Waals surface area contributed by atoms with Gasteiger partial charge in [-0.05, 0) is 56.0 Å². The van der Waals surface area contributed by atoms with Gasteiger partial charge in [0.2, 0.25) is 5.91 Å². The van der Waals surface area contributed by atoms with E-state index in [9.17, 15) is 4.79 Å². The van der Waals surface area contributed by atoms with Crippen molar-refractivity contribution < 1.29 is 4.79 Å². The van der Waals surface area contributed by atoms with Gasteiger partial charge in [0.1, 0.15) is 0 Å². The third-order valence-electron chi connectivity index (χ3n) is 7.09. The van der Waals surface area contributed by atoms with Crippen molar-refractivity contribution in [1.82, 2.24) is 15.1 Å². The van der Waals surface area contributed by atoms with Crippen LogP contribution >= 0.6 is 0 Å². The van der Waals surface area contributed by atoms with Gasteiger partial charge in [-0.1, -0.05) is 24.3 Å². The molecular formula is C24H27N5O. The molecule has 3 aliphatic rings. The van der Waals surface area contributed by atoms with E-state index in [1.165, 1.54) is 27.9 Å². The fourth-order valence-electron chi connectivity index (χ4n) is 5.72. The lowest BCUT2D eigenvalue weighted by molar-refractivity contribution is -0.115. The number of piperidine rings is 1. The Bertz CT molecular complexity index is 1140. The molecule has 1 fully saturated rings. The number of para-hydroxylation sites is 1. The number of amides is 1. The summed E-state index contributed by atoms with van der Waals surface area (Å²) in [5.41, 5.74) is 7.24. The third kappa shape index (κ3) is 2.82. The number of aromatic amines is 1. The van der Waals surface area contributed by atoms with Crippen molar-refractivity contribution >= 4 is 28.2 Å². The Balaban J connectivity index is 1.14. The summed E-state index contributed by atoms with van der Waals surface area (Å²) in [7, 11) is 0.